The lowest BCUT2D eigenvalue weighted by Gasteiger charge is -2.08. The molecule has 1 N–H and O–H groups in total. The Labute approximate surface area is 133 Å². The first-order valence-electron chi connectivity index (χ1n) is 6.12. The summed E-state index contributed by atoms with van der Waals surface area (Å²) in [5.74, 6) is -0.550. The minimum absolute atomic E-state index is 0.00725. The predicted molar refractivity (Wildman–Crippen MR) is 83.7 cm³/mol. The van der Waals surface area contributed by atoms with Crippen LogP contribution < -0.4 is 5.32 Å². The summed E-state index contributed by atoms with van der Waals surface area (Å²) < 4.78 is 23.1. The van der Waals surface area contributed by atoms with Gasteiger partial charge < -0.3 is 5.32 Å². The summed E-state index contributed by atoms with van der Waals surface area (Å²) in [5.41, 5.74) is 0.866. The number of anilines is 1. The second kappa shape index (κ2) is 6.18. The number of carbonyl (C=O) groups excluding carboxylic acids is 1. The minimum atomic E-state index is -3.44. The van der Waals surface area contributed by atoms with Gasteiger partial charge in [0.05, 0.1) is 27.1 Å². The van der Waals surface area contributed by atoms with Crippen LogP contribution >= 0.6 is 11.6 Å². The Morgan fingerprint density at radius 3 is 2.59 bits per heavy atom. The van der Waals surface area contributed by atoms with Gasteiger partial charge in [-0.1, -0.05) is 17.7 Å². The van der Waals surface area contributed by atoms with Crippen LogP contribution in [0.5, 0.6) is 0 Å². The number of nitrogens with zero attached hydrogens (tertiary/aromatic N) is 1. The molecule has 0 saturated heterocycles. The third kappa shape index (κ3) is 3.64. The number of rotatable bonds is 3. The molecule has 0 aromatic heterocycles. The number of halogens is 1. The molecule has 0 aliphatic rings. The lowest BCUT2D eigenvalue weighted by molar-refractivity contribution is 0.102. The number of nitriles is 1. The number of benzene rings is 2. The van der Waals surface area contributed by atoms with E-state index in [0.717, 1.165) is 6.26 Å². The molecule has 7 heteroatoms. The third-order valence-corrected chi connectivity index (χ3v) is 4.30. The molecular formula is C15H11ClN2O3S. The van der Waals surface area contributed by atoms with Crippen LogP contribution in [-0.4, -0.2) is 20.6 Å². The topological polar surface area (TPSA) is 87.0 Å². The molecule has 0 atom stereocenters. The molecular weight excluding hydrogens is 324 g/mol. The largest absolute Gasteiger partial charge is 0.322 e. The van der Waals surface area contributed by atoms with E-state index in [-0.39, 0.29) is 15.5 Å². The third-order valence-electron chi connectivity index (χ3n) is 2.86. The Hall–Kier alpha value is -2.36. The summed E-state index contributed by atoms with van der Waals surface area (Å²) in [5, 5.41) is 11.6. The normalized spacial score (nSPS) is 10.8. The number of sulfone groups is 1. The second-order valence-corrected chi connectivity index (χ2v) is 6.98. The molecule has 0 aliphatic carbocycles. The van der Waals surface area contributed by atoms with Crippen LogP contribution in [0.15, 0.2) is 47.4 Å². The fourth-order valence-corrected chi connectivity index (χ4v) is 2.62. The fourth-order valence-electron chi connectivity index (χ4n) is 1.77. The monoisotopic (exact) mass is 334 g/mol. The van der Waals surface area contributed by atoms with Gasteiger partial charge >= 0.3 is 0 Å². The summed E-state index contributed by atoms with van der Waals surface area (Å²) in [7, 11) is -3.44. The van der Waals surface area contributed by atoms with Gasteiger partial charge in [-0.2, -0.15) is 5.26 Å². The lowest BCUT2D eigenvalue weighted by Crippen LogP contribution is -2.13. The summed E-state index contributed by atoms with van der Waals surface area (Å²) in [6, 6.07) is 12.2. The molecule has 0 fully saturated rings. The zero-order valence-electron chi connectivity index (χ0n) is 11.5. The zero-order chi connectivity index (χ0) is 16.3. The first-order chi connectivity index (χ1) is 10.3. The Morgan fingerprint density at radius 1 is 1.23 bits per heavy atom. The van der Waals surface area contributed by atoms with Gasteiger partial charge in [0.15, 0.2) is 9.84 Å². The van der Waals surface area contributed by atoms with E-state index in [4.69, 9.17) is 16.9 Å². The van der Waals surface area contributed by atoms with Gasteiger partial charge in [0.1, 0.15) is 0 Å². The molecule has 2 aromatic rings. The van der Waals surface area contributed by atoms with E-state index < -0.39 is 15.7 Å². The Bertz CT molecular complexity index is 886. The van der Waals surface area contributed by atoms with Gasteiger partial charge in [-0.05, 0) is 36.4 Å². The molecule has 0 bridgehead atoms. The van der Waals surface area contributed by atoms with Gasteiger partial charge in [-0.3, -0.25) is 4.79 Å². The molecule has 5 nitrogen and oxygen atoms in total. The fraction of sp³-hybridized carbons (Fsp3) is 0.0667. The van der Waals surface area contributed by atoms with Crippen molar-refractivity contribution in [1.29, 1.82) is 5.26 Å². The number of carbonyl (C=O) groups is 1. The predicted octanol–water partition coefficient (Wildman–Crippen LogP) is 2.87. The van der Waals surface area contributed by atoms with Crippen molar-refractivity contribution in [2.24, 2.45) is 0 Å². The van der Waals surface area contributed by atoms with Crippen molar-refractivity contribution in [1.82, 2.24) is 0 Å². The number of amides is 1. The summed E-state index contributed by atoms with van der Waals surface area (Å²) in [4.78, 5) is 12.2. The van der Waals surface area contributed by atoms with Gasteiger partial charge in [-0.25, -0.2) is 8.42 Å². The maximum Gasteiger partial charge on any atom is 0.257 e. The van der Waals surface area contributed by atoms with Gasteiger partial charge in [0.25, 0.3) is 5.91 Å². The highest BCUT2D eigenvalue weighted by Crippen LogP contribution is 2.22. The SMILES string of the molecule is CS(=O)(=O)c1ccc(Cl)c(C(=O)Nc2cccc(C#N)c2)c1. The van der Waals surface area contributed by atoms with E-state index in [2.05, 4.69) is 5.32 Å². The van der Waals surface area contributed by atoms with E-state index in [1.54, 1.807) is 18.2 Å². The van der Waals surface area contributed by atoms with Crippen LogP contribution in [0.2, 0.25) is 5.02 Å². The second-order valence-electron chi connectivity index (χ2n) is 4.56. The lowest BCUT2D eigenvalue weighted by atomic mass is 10.2. The molecule has 22 heavy (non-hydrogen) atoms. The molecule has 0 unspecified atom stereocenters. The summed E-state index contributed by atoms with van der Waals surface area (Å²) in [6.45, 7) is 0. The number of hydrogen-bond acceptors (Lipinski definition) is 4. The van der Waals surface area contributed by atoms with Crippen LogP contribution in [-0.2, 0) is 9.84 Å². The van der Waals surface area contributed by atoms with Crippen molar-refractivity contribution < 1.29 is 13.2 Å². The zero-order valence-corrected chi connectivity index (χ0v) is 13.1. The van der Waals surface area contributed by atoms with Crippen molar-refractivity contribution in [2.45, 2.75) is 4.90 Å². The van der Waals surface area contributed by atoms with Crippen molar-refractivity contribution in [3.8, 4) is 6.07 Å². The number of nitrogens with one attached hydrogen (secondary N) is 1. The quantitative estimate of drug-likeness (QED) is 0.934. The van der Waals surface area contributed by atoms with Crippen LogP contribution in [0, 0.1) is 11.3 Å². The molecule has 112 valence electrons. The van der Waals surface area contributed by atoms with Crippen LogP contribution in [0.25, 0.3) is 0 Å². The van der Waals surface area contributed by atoms with Gasteiger partial charge in [0, 0.05) is 11.9 Å². The molecule has 0 spiro atoms. The Morgan fingerprint density at radius 2 is 1.95 bits per heavy atom. The van der Waals surface area contributed by atoms with E-state index in [9.17, 15) is 13.2 Å². The maximum atomic E-state index is 12.2. The summed E-state index contributed by atoms with van der Waals surface area (Å²) in [6.07, 6.45) is 1.05. The Kier molecular flexibility index (Phi) is 4.50. The maximum absolute atomic E-state index is 12.2. The average molecular weight is 335 g/mol. The molecule has 1 amide bonds. The average Bonchev–Trinajstić information content (AvgIpc) is 2.46. The first-order valence-corrected chi connectivity index (χ1v) is 8.39. The van der Waals surface area contributed by atoms with E-state index in [1.165, 1.54) is 24.3 Å². The molecule has 0 saturated carbocycles. The highest BCUT2D eigenvalue weighted by atomic mass is 35.5. The van der Waals surface area contributed by atoms with Crippen LogP contribution in [0.1, 0.15) is 15.9 Å². The Balaban J connectivity index is 2.35. The molecule has 0 heterocycles. The van der Waals surface area contributed by atoms with E-state index >= 15 is 0 Å². The minimum Gasteiger partial charge on any atom is -0.322 e. The standard InChI is InChI=1S/C15H11ClN2O3S/c1-22(20,21)12-5-6-14(16)13(8-12)15(19)18-11-4-2-3-10(7-11)9-17/h2-8H,1H3,(H,18,19). The first kappa shape index (κ1) is 16.0. The smallest absolute Gasteiger partial charge is 0.257 e. The van der Waals surface area contributed by atoms with Crippen LogP contribution in [0.3, 0.4) is 0 Å². The number of hydrogen-bond donors (Lipinski definition) is 1. The van der Waals surface area contributed by atoms with Crippen molar-refractivity contribution in [2.75, 3.05) is 11.6 Å². The van der Waals surface area contributed by atoms with Crippen molar-refractivity contribution in [3.05, 3.63) is 58.6 Å². The van der Waals surface area contributed by atoms with E-state index in [0.29, 0.717) is 11.3 Å². The molecule has 0 aliphatic heterocycles. The van der Waals surface area contributed by atoms with Gasteiger partial charge in [0.2, 0.25) is 0 Å². The molecule has 2 aromatic carbocycles. The van der Waals surface area contributed by atoms with Crippen molar-refractivity contribution >= 4 is 33.0 Å². The van der Waals surface area contributed by atoms with Gasteiger partial charge in [-0.15, -0.1) is 0 Å². The highest BCUT2D eigenvalue weighted by molar-refractivity contribution is 7.90. The van der Waals surface area contributed by atoms with Crippen molar-refractivity contribution in [3.63, 3.8) is 0 Å². The summed E-state index contributed by atoms with van der Waals surface area (Å²) >= 11 is 5.96. The van der Waals surface area contributed by atoms with E-state index in [1.807, 2.05) is 6.07 Å². The molecule has 2 rings (SSSR count). The molecule has 0 radical (unpaired) electrons. The van der Waals surface area contributed by atoms with Crippen LogP contribution in [0.4, 0.5) is 5.69 Å². The highest BCUT2D eigenvalue weighted by Gasteiger charge is 2.15.